The van der Waals surface area contributed by atoms with Crippen LogP contribution in [0.15, 0.2) is 0 Å². The Bertz CT molecular complexity index is 257. The largest absolute Gasteiger partial charge is 0.394 e. The zero-order valence-electron chi connectivity index (χ0n) is 9.44. The van der Waals surface area contributed by atoms with Crippen molar-refractivity contribution in [3.8, 4) is 0 Å². The summed E-state index contributed by atoms with van der Waals surface area (Å²) in [6.07, 6.45) is 0.0102. The van der Waals surface area contributed by atoms with Gasteiger partial charge in [0.15, 0.2) is 0 Å². The molecule has 0 radical (unpaired) electrons. The first-order chi connectivity index (χ1) is 7.63. The molecule has 0 aromatic rings. The van der Waals surface area contributed by atoms with E-state index in [9.17, 15) is 9.59 Å². The van der Waals surface area contributed by atoms with Crippen molar-refractivity contribution in [1.82, 2.24) is 10.2 Å². The third-order valence-electron chi connectivity index (χ3n) is 2.41. The Morgan fingerprint density at radius 3 is 2.94 bits per heavy atom. The molecule has 1 fully saturated rings. The van der Waals surface area contributed by atoms with Gasteiger partial charge in [0, 0.05) is 33.0 Å². The number of ether oxygens (including phenoxy) is 1. The van der Waals surface area contributed by atoms with Gasteiger partial charge in [0.1, 0.15) is 0 Å². The minimum absolute atomic E-state index is 0.0181. The van der Waals surface area contributed by atoms with Gasteiger partial charge in [0.2, 0.25) is 11.8 Å². The lowest BCUT2D eigenvalue weighted by Crippen LogP contribution is -2.47. The Morgan fingerprint density at radius 1 is 1.56 bits per heavy atom. The van der Waals surface area contributed by atoms with Crippen LogP contribution in [0.1, 0.15) is 13.3 Å². The molecule has 6 nitrogen and oxygen atoms in total. The fraction of sp³-hybridized carbons (Fsp3) is 0.800. The summed E-state index contributed by atoms with van der Waals surface area (Å²) in [5.74, 6) is -0.154. The molecule has 1 aliphatic heterocycles. The third kappa shape index (κ3) is 4.16. The first-order valence-corrected chi connectivity index (χ1v) is 5.38. The van der Waals surface area contributed by atoms with Crippen molar-refractivity contribution >= 4 is 11.8 Å². The maximum Gasteiger partial charge on any atom is 0.224 e. The molecule has 6 heteroatoms. The van der Waals surface area contributed by atoms with Crippen LogP contribution in [0.3, 0.4) is 0 Å². The molecule has 1 aliphatic rings. The normalized spacial score (nSPS) is 20.6. The van der Waals surface area contributed by atoms with Gasteiger partial charge in [-0.05, 0) is 0 Å². The van der Waals surface area contributed by atoms with E-state index in [0.29, 0.717) is 26.2 Å². The number of nitrogens with zero attached hydrogens (tertiary/aromatic N) is 1. The van der Waals surface area contributed by atoms with Gasteiger partial charge in [-0.25, -0.2) is 0 Å². The summed E-state index contributed by atoms with van der Waals surface area (Å²) in [6, 6.07) is 0. The molecule has 1 atom stereocenters. The molecular formula is C10H18N2O4. The van der Waals surface area contributed by atoms with Gasteiger partial charge in [0.25, 0.3) is 0 Å². The molecule has 1 saturated heterocycles. The zero-order chi connectivity index (χ0) is 12.0. The third-order valence-corrected chi connectivity index (χ3v) is 2.41. The Morgan fingerprint density at radius 2 is 2.31 bits per heavy atom. The highest BCUT2D eigenvalue weighted by atomic mass is 16.5. The molecular weight excluding hydrogens is 212 g/mol. The van der Waals surface area contributed by atoms with Crippen molar-refractivity contribution in [1.29, 1.82) is 0 Å². The molecule has 0 aromatic heterocycles. The summed E-state index contributed by atoms with van der Waals surface area (Å²) < 4.78 is 5.24. The number of hydrogen-bond donors (Lipinski definition) is 2. The van der Waals surface area contributed by atoms with Crippen molar-refractivity contribution in [3.63, 3.8) is 0 Å². The van der Waals surface area contributed by atoms with E-state index < -0.39 is 0 Å². The quantitative estimate of drug-likeness (QED) is 0.631. The molecule has 0 aliphatic carbocycles. The lowest BCUT2D eigenvalue weighted by Gasteiger charge is -2.32. The second kappa shape index (κ2) is 6.44. The highest BCUT2D eigenvalue weighted by molar-refractivity contribution is 5.78. The van der Waals surface area contributed by atoms with E-state index in [0.717, 1.165) is 0 Å². The van der Waals surface area contributed by atoms with Crippen LogP contribution in [0, 0.1) is 0 Å². The summed E-state index contributed by atoms with van der Waals surface area (Å²) in [6.45, 7) is 3.13. The van der Waals surface area contributed by atoms with Crippen molar-refractivity contribution in [2.24, 2.45) is 0 Å². The molecule has 2 N–H and O–H groups in total. The van der Waals surface area contributed by atoms with E-state index in [1.807, 2.05) is 0 Å². The molecule has 1 rings (SSSR count). The van der Waals surface area contributed by atoms with Gasteiger partial charge in [-0.15, -0.1) is 0 Å². The topological polar surface area (TPSA) is 78.9 Å². The van der Waals surface area contributed by atoms with Crippen molar-refractivity contribution < 1.29 is 19.4 Å². The number of morpholine rings is 1. The highest BCUT2D eigenvalue weighted by Crippen LogP contribution is 2.05. The lowest BCUT2D eigenvalue weighted by molar-refractivity contribution is -0.140. The number of carbonyl (C=O) groups excluding carboxylic acids is 2. The Balaban J connectivity index is 2.27. The maximum atomic E-state index is 11.7. The van der Waals surface area contributed by atoms with Crippen LogP contribution in [-0.2, 0) is 14.3 Å². The lowest BCUT2D eigenvalue weighted by atomic mass is 10.2. The monoisotopic (exact) mass is 230 g/mol. The van der Waals surface area contributed by atoms with E-state index in [2.05, 4.69) is 5.32 Å². The number of nitrogens with one attached hydrogen (secondary N) is 1. The number of rotatable bonds is 4. The molecule has 0 aromatic carbocycles. The summed E-state index contributed by atoms with van der Waals surface area (Å²) in [5, 5.41) is 11.5. The van der Waals surface area contributed by atoms with Crippen molar-refractivity contribution in [2.45, 2.75) is 19.4 Å². The van der Waals surface area contributed by atoms with Gasteiger partial charge in [-0.2, -0.15) is 0 Å². The predicted octanol–water partition coefficient (Wildman–Crippen LogP) is -1.27. The molecule has 0 spiro atoms. The van der Waals surface area contributed by atoms with Crippen LogP contribution in [0.5, 0.6) is 0 Å². The predicted molar refractivity (Wildman–Crippen MR) is 56.7 cm³/mol. The van der Waals surface area contributed by atoms with E-state index in [4.69, 9.17) is 9.84 Å². The Labute approximate surface area is 94.6 Å². The van der Waals surface area contributed by atoms with Crippen molar-refractivity contribution in [3.05, 3.63) is 0 Å². The Hall–Kier alpha value is -1.14. The summed E-state index contributed by atoms with van der Waals surface area (Å²) >= 11 is 0. The first kappa shape index (κ1) is 12.9. The molecule has 0 saturated carbocycles. The smallest absolute Gasteiger partial charge is 0.224 e. The zero-order valence-corrected chi connectivity index (χ0v) is 9.44. The van der Waals surface area contributed by atoms with E-state index in [-0.39, 0.29) is 30.9 Å². The second-order valence-corrected chi connectivity index (χ2v) is 3.75. The number of carbonyl (C=O) groups is 2. The number of aliphatic hydroxyl groups excluding tert-OH is 1. The van der Waals surface area contributed by atoms with Crippen LogP contribution in [0.25, 0.3) is 0 Å². The van der Waals surface area contributed by atoms with Crippen LogP contribution < -0.4 is 5.32 Å². The summed E-state index contributed by atoms with van der Waals surface area (Å²) in [5.41, 5.74) is 0. The Kier molecular flexibility index (Phi) is 5.21. The average Bonchev–Trinajstić information content (AvgIpc) is 2.28. The molecule has 92 valence electrons. The van der Waals surface area contributed by atoms with E-state index in [1.165, 1.54) is 6.92 Å². The van der Waals surface area contributed by atoms with Crippen LogP contribution in [-0.4, -0.2) is 60.8 Å². The fourth-order valence-corrected chi connectivity index (χ4v) is 1.56. The van der Waals surface area contributed by atoms with Gasteiger partial charge in [-0.3, -0.25) is 9.59 Å². The number of amides is 2. The van der Waals surface area contributed by atoms with Gasteiger partial charge < -0.3 is 20.1 Å². The summed E-state index contributed by atoms with van der Waals surface area (Å²) in [7, 11) is 0. The van der Waals surface area contributed by atoms with Crippen LogP contribution in [0.2, 0.25) is 0 Å². The molecule has 1 unspecified atom stereocenters. The minimum atomic E-state index is -0.279. The first-order valence-electron chi connectivity index (χ1n) is 5.38. The second-order valence-electron chi connectivity index (χ2n) is 3.75. The standard InChI is InChI=1S/C10H18N2O4/c1-8(14)11-3-2-10(15)12-4-5-16-9(6-12)7-13/h9,13H,2-7H2,1H3,(H,11,14). The minimum Gasteiger partial charge on any atom is -0.394 e. The summed E-state index contributed by atoms with van der Waals surface area (Å²) in [4.78, 5) is 23.9. The molecule has 2 amide bonds. The van der Waals surface area contributed by atoms with Gasteiger partial charge >= 0.3 is 0 Å². The van der Waals surface area contributed by atoms with E-state index >= 15 is 0 Å². The van der Waals surface area contributed by atoms with Gasteiger partial charge in [-0.1, -0.05) is 0 Å². The van der Waals surface area contributed by atoms with E-state index in [1.54, 1.807) is 4.90 Å². The SMILES string of the molecule is CC(=O)NCCC(=O)N1CCOC(CO)C1. The van der Waals surface area contributed by atoms with Crippen LogP contribution >= 0.6 is 0 Å². The number of hydrogen-bond acceptors (Lipinski definition) is 4. The highest BCUT2D eigenvalue weighted by Gasteiger charge is 2.23. The molecule has 16 heavy (non-hydrogen) atoms. The average molecular weight is 230 g/mol. The number of aliphatic hydroxyl groups is 1. The molecule has 1 heterocycles. The van der Waals surface area contributed by atoms with Gasteiger partial charge in [0.05, 0.1) is 19.3 Å². The maximum absolute atomic E-state index is 11.7. The fourth-order valence-electron chi connectivity index (χ4n) is 1.56. The van der Waals surface area contributed by atoms with Crippen LogP contribution in [0.4, 0.5) is 0 Å². The molecule has 0 bridgehead atoms. The van der Waals surface area contributed by atoms with Crippen molar-refractivity contribution in [2.75, 3.05) is 32.8 Å².